The maximum absolute atomic E-state index is 12.9. The first-order valence-electron chi connectivity index (χ1n) is 6.02. The van der Waals surface area contributed by atoms with Crippen LogP contribution in [0, 0.1) is 5.82 Å². The van der Waals surface area contributed by atoms with Crippen LogP contribution in [-0.2, 0) is 0 Å². The molecule has 2 nitrogen and oxygen atoms in total. The van der Waals surface area contributed by atoms with Gasteiger partial charge in [-0.1, -0.05) is 36.4 Å². The SMILES string of the molecule is OC(c1ccc(F)cc1)c1cncc2ccccc12. The fourth-order valence-electron chi connectivity index (χ4n) is 2.18. The van der Waals surface area contributed by atoms with Gasteiger partial charge >= 0.3 is 0 Å². The molecule has 1 N–H and O–H groups in total. The third-order valence-corrected chi connectivity index (χ3v) is 3.18. The Hall–Kier alpha value is -2.26. The van der Waals surface area contributed by atoms with E-state index in [4.69, 9.17) is 0 Å². The minimum atomic E-state index is -0.806. The molecule has 0 aliphatic carbocycles. The number of hydrogen-bond donors (Lipinski definition) is 1. The molecule has 3 aromatic rings. The average molecular weight is 253 g/mol. The maximum Gasteiger partial charge on any atom is 0.123 e. The molecule has 3 rings (SSSR count). The highest BCUT2D eigenvalue weighted by atomic mass is 19.1. The summed E-state index contributed by atoms with van der Waals surface area (Å²) in [7, 11) is 0. The summed E-state index contributed by atoms with van der Waals surface area (Å²) in [6, 6.07) is 13.6. The first-order chi connectivity index (χ1) is 9.25. The summed E-state index contributed by atoms with van der Waals surface area (Å²) in [5.41, 5.74) is 1.38. The van der Waals surface area contributed by atoms with E-state index in [9.17, 15) is 9.50 Å². The van der Waals surface area contributed by atoms with Crippen molar-refractivity contribution in [1.29, 1.82) is 0 Å². The van der Waals surface area contributed by atoms with E-state index in [1.165, 1.54) is 12.1 Å². The summed E-state index contributed by atoms with van der Waals surface area (Å²) < 4.78 is 12.9. The number of nitrogens with zero attached hydrogens (tertiary/aromatic N) is 1. The second-order valence-electron chi connectivity index (χ2n) is 4.40. The standard InChI is InChI=1S/C16H12FNO/c17-13-7-5-11(6-8-13)16(19)15-10-18-9-12-3-1-2-4-14(12)15/h1-10,16,19H. The van der Waals surface area contributed by atoms with Crippen molar-refractivity contribution in [3.63, 3.8) is 0 Å². The topological polar surface area (TPSA) is 33.1 Å². The summed E-state index contributed by atoms with van der Waals surface area (Å²) in [5, 5.41) is 12.3. The molecule has 19 heavy (non-hydrogen) atoms. The van der Waals surface area contributed by atoms with Gasteiger partial charge in [0.15, 0.2) is 0 Å². The highest BCUT2D eigenvalue weighted by Crippen LogP contribution is 2.27. The monoisotopic (exact) mass is 253 g/mol. The second kappa shape index (κ2) is 4.78. The lowest BCUT2D eigenvalue weighted by molar-refractivity contribution is 0.221. The van der Waals surface area contributed by atoms with Crippen molar-refractivity contribution in [2.75, 3.05) is 0 Å². The Bertz CT molecular complexity index is 704. The molecule has 0 bridgehead atoms. The van der Waals surface area contributed by atoms with Crippen LogP contribution in [0.1, 0.15) is 17.2 Å². The zero-order valence-electron chi connectivity index (χ0n) is 10.1. The van der Waals surface area contributed by atoms with Crippen LogP contribution in [-0.4, -0.2) is 10.1 Å². The molecular weight excluding hydrogens is 241 g/mol. The summed E-state index contributed by atoms with van der Waals surface area (Å²) in [5.74, 6) is -0.313. The quantitative estimate of drug-likeness (QED) is 0.758. The first kappa shape index (κ1) is 11.8. The predicted octanol–water partition coefficient (Wildman–Crippen LogP) is 3.46. The highest BCUT2D eigenvalue weighted by Gasteiger charge is 2.13. The summed E-state index contributed by atoms with van der Waals surface area (Å²) in [6.07, 6.45) is 2.60. The van der Waals surface area contributed by atoms with Gasteiger partial charge in [0.25, 0.3) is 0 Å². The zero-order chi connectivity index (χ0) is 13.2. The number of aromatic nitrogens is 1. The molecular formula is C16H12FNO. The molecule has 1 unspecified atom stereocenters. The van der Waals surface area contributed by atoms with Crippen molar-refractivity contribution in [3.8, 4) is 0 Å². The molecule has 0 fully saturated rings. The lowest BCUT2D eigenvalue weighted by Gasteiger charge is -2.13. The normalized spacial score (nSPS) is 12.5. The first-order valence-corrected chi connectivity index (χ1v) is 6.02. The van der Waals surface area contributed by atoms with Crippen molar-refractivity contribution in [3.05, 3.63) is 77.9 Å². The molecule has 0 aliphatic heterocycles. The van der Waals surface area contributed by atoms with Crippen molar-refractivity contribution >= 4 is 10.8 Å². The van der Waals surface area contributed by atoms with Crippen LogP contribution in [0.4, 0.5) is 4.39 Å². The van der Waals surface area contributed by atoms with Gasteiger partial charge in [0.2, 0.25) is 0 Å². The van der Waals surface area contributed by atoms with Crippen LogP contribution < -0.4 is 0 Å². The van der Waals surface area contributed by atoms with E-state index in [2.05, 4.69) is 4.98 Å². The van der Waals surface area contributed by atoms with Gasteiger partial charge in [-0.15, -0.1) is 0 Å². The Labute approximate surface area is 110 Å². The Balaban J connectivity index is 2.11. The smallest absolute Gasteiger partial charge is 0.123 e. The number of hydrogen-bond acceptors (Lipinski definition) is 2. The van der Waals surface area contributed by atoms with Crippen molar-refractivity contribution < 1.29 is 9.50 Å². The Kier molecular flexibility index (Phi) is 2.97. The second-order valence-corrected chi connectivity index (χ2v) is 4.40. The molecule has 94 valence electrons. The van der Waals surface area contributed by atoms with Gasteiger partial charge in [0.1, 0.15) is 11.9 Å². The van der Waals surface area contributed by atoms with Crippen LogP contribution in [0.2, 0.25) is 0 Å². The van der Waals surface area contributed by atoms with Crippen LogP contribution in [0.5, 0.6) is 0 Å². The fraction of sp³-hybridized carbons (Fsp3) is 0.0625. The van der Waals surface area contributed by atoms with Gasteiger partial charge < -0.3 is 5.11 Å². The third kappa shape index (κ3) is 2.20. The lowest BCUT2D eigenvalue weighted by atomic mass is 9.98. The molecule has 0 spiro atoms. The molecule has 0 amide bonds. The Morgan fingerprint density at radius 3 is 2.47 bits per heavy atom. The van der Waals surface area contributed by atoms with Gasteiger partial charge in [0.05, 0.1) is 0 Å². The molecule has 1 heterocycles. The van der Waals surface area contributed by atoms with Crippen molar-refractivity contribution in [1.82, 2.24) is 4.98 Å². The number of benzene rings is 2. The van der Waals surface area contributed by atoms with Crippen molar-refractivity contribution in [2.45, 2.75) is 6.10 Å². The number of halogens is 1. The fourth-order valence-corrected chi connectivity index (χ4v) is 2.18. The molecule has 0 saturated carbocycles. The van der Waals surface area contributed by atoms with Crippen LogP contribution >= 0.6 is 0 Å². The molecule has 0 saturated heterocycles. The van der Waals surface area contributed by atoms with E-state index >= 15 is 0 Å². The summed E-state index contributed by atoms with van der Waals surface area (Å²) in [4.78, 5) is 4.14. The average Bonchev–Trinajstić information content (AvgIpc) is 2.47. The zero-order valence-corrected chi connectivity index (χ0v) is 10.1. The van der Waals surface area contributed by atoms with Gasteiger partial charge in [-0.2, -0.15) is 0 Å². The molecule has 1 atom stereocenters. The molecule has 3 heteroatoms. The third-order valence-electron chi connectivity index (χ3n) is 3.18. The van der Waals surface area contributed by atoms with E-state index in [-0.39, 0.29) is 5.82 Å². The van der Waals surface area contributed by atoms with E-state index in [1.54, 1.807) is 24.5 Å². The van der Waals surface area contributed by atoms with Gasteiger partial charge in [-0.25, -0.2) is 4.39 Å². The lowest BCUT2D eigenvalue weighted by Crippen LogP contribution is -2.01. The minimum Gasteiger partial charge on any atom is -0.384 e. The van der Waals surface area contributed by atoms with Crippen molar-refractivity contribution in [2.24, 2.45) is 0 Å². The number of fused-ring (bicyclic) bond motifs is 1. The number of pyridine rings is 1. The van der Waals surface area contributed by atoms with Crippen LogP contribution in [0.25, 0.3) is 10.8 Å². The number of aliphatic hydroxyl groups is 1. The molecule has 1 aromatic heterocycles. The largest absolute Gasteiger partial charge is 0.384 e. The minimum absolute atomic E-state index is 0.313. The maximum atomic E-state index is 12.9. The predicted molar refractivity (Wildman–Crippen MR) is 72.2 cm³/mol. The molecule has 0 radical (unpaired) electrons. The van der Waals surface area contributed by atoms with Gasteiger partial charge in [0, 0.05) is 23.3 Å². The Morgan fingerprint density at radius 2 is 1.68 bits per heavy atom. The number of rotatable bonds is 2. The highest BCUT2D eigenvalue weighted by molar-refractivity contribution is 5.85. The van der Waals surface area contributed by atoms with E-state index in [1.807, 2.05) is 24.3 Å². The molecule has 2 aromatic carbocycles. The van der Waals surface area contributed by atoms with E-state index in [0.717, 1.165) is 16.3 Å². The van der Waals surface area contributed by atoms with Crippen LogP contribution in [0.3, 0.4) is 0 Å². The Morgan fingerprint density at radius 1 is 0.947 bits per heavy atom. The van der Waals surface area contributed by atoms with E-state index < -0.39 is 6.10 Å². The van der Waals surface area contributed by atoms with Gasteiger partial charge in [-0.05, 0) is 23.1 Å². The summed E-state index contributed by atoms with van der Waals surface area (Å²) >= 11 is 0. The summed E-state index contributed by atoms with van der Waals surface area (Å²) in [6.45, 7) is 0. The van der Waals surface area contributed by atoms with Gasteiger partial charge in [-0.3, -0.25) is 4.98 Å². The molecule has 0 aliphatic rings. The number of aliphatic hydroxyl groups excluding tert-OH is 1. The van der Waals surface area contributed by atoms with Crippen LogP contribution in [0.15, 0.2) is 60.9 Å². The van der Waals surface area contributed by atoms with E-state index in [0.29, 0.717) is 5.56 Å².